The van der Waals surface area contributed by atoms with E-state index in [0.29, 0.717) is 0 Å². The molecule has 1 aromatic heterocycles. The first-order valence-electron chi connectivity index (χ1n) is 8.85. The van der Waals surface area contributed by atoms with Gasteiger partial charge in [0.1, 0.15) is 5.82 Å². The number of nitrogens with zero attached hydrogens (tertiary/aromatic N) is 3. The summed E-state index contributed by atoms with van der Waals surface area (Å²) in [5.41, 5.74) is 5.21. The summed E-state index contributed by atoms with van der Waals surface area (Å²) in [5, 5.41) is 1.30. The van der Waals surface area contributed by atoms with Crippen molar-refractivity contribution in [2.24, 2.45) is 0 Å². The number of aryl methyl sites for hydroxylation is 3. The minimum Gasteiger partial charge on any atom is -0.356 e. The molecule has 1 saturated heterocycles. The summed E-state index contributed by atoms with van der Waals surface area (Å²) in [4.78, 5) is 9.86. The largest absolute Gasteiger partial charge is 0.356 e. The van der Waals surface area contributed by atoms with Crippen LogP contribution in [0, 0.1) is 13.8 Å². The van der Waals surface area contributed by atoms with Gasteiger partial charge in [-0.1, -0.05) is 11.6 Å². The molecule has 3 heteroatoms. The molecule has 0 spiro atoms. The van der Waals surface area contributed by atoms with E-state index in [9.17, 15) is 0 Å². The smallest absolute Gasteiger partial charge is 0.132 e. The summed E-state index contributed by atoms with van der Waals surface area (Å²) >= 11 is 0. The van der Waals surface area contributed by atoms with E-state index in [4.69, 9.17) is 4.98 Å². The average Bonchev–Trinajstić information content (AvgIpc) is 3.00. The van der Waals surface area contributed by atoms with Crippen molar-refractivity contribution in [3.8, 4) is 0 Å². The number of anilines is 1. The van der Waals surface area contributed by atoms with Crippen molar-refractivity contribution in [1.29, 1.82) is 0 Å². The number of pyridine rings is 1. The fourth-order valence-corrected chi connectivity index (χ4v) is 3.66. The van der Waals surface area contributed by atoms with Gasteiger partial charge in [-0.15, -0.1) is 0 Å². The van der Waals surface area contributed by atoms with Crippen LogP contribution in [0.5, 0.6) is 0 Å². The zero-order valence-electron chi connectivity index (χ0n) is 15.0. The van der Waals surface area contributed by atoms with Gasteiger partial charge in [-0.3, -0.25) is 0 Å². The van der Waals surface area contributed by atoms with Crippen molar-refractivity contribution >= 4 is 16.7 Å². The van der Waals surface area contributed by atoms with Gasteiger partial charge in [-0.25, -0.2) is 4.98 Å². The first-order valence-corrected chi connectivity index (χ1v) is 8.85. The highest BCUT2D eigenvalue weighted by Gasteiger charge is 2.18. The fraction of sp³-hybridized carbons (Fsp3) is 0.550. The van der Waals surface area contributed by atoms with Crippen molar-refractivity contribution in [3.05, 3.63) is 34.9 Å². The van der Waals surface area contributed by atoms with Crippen LogP contribution < -0.4 is 4.90 Å². The van der Waals surface area contributed by atoms with Gasteiger partial charge in [0.25, 0.3) is 0 Å². The molecule has 23 heavy (non-hydrogen) atoms. The van der Waals surface area contributed by atoms with Gasteiger partial charge in [0.2, 0.25) is 0 Å². The minimum atomic E-state index is 1.11. The van der Waals surface area contributed by atoms with Gasteiger partial charge in [-0.05, 0) is 83.4 Å². The summed E-state index contributed by atoms with van der Waals surface area (Å²) in [5.74, 6) is 1.24. The molecule has 0 aliphatic carbocycles. The number of aromatic nitrogens is 1. The third kappa shape index (κ3) is 3.66. The molecular formula is C20H29N3. The van der Waals surface area contributed by atoms with Crippen LogP contribution in [0.1, 0.15) is 36.0 Å². The van der Waals surface area contributed by atoms with E-state index in [1.807, 2.05) is 0 Å². The van der Waals surface area contributed by atoms with E-state index >= 15 is 0 Å². The van der Waals surface area contributed by atoms with Crippen LogP contribution in [0.3, 0.4) is 0 Å². The fourth-order valence-electron chi connectivity index (χ4n) is 3.66. The average molecular weight is 311 g/mol. The maximum atomic E-state index is 5.11. The highest BCUT2D eigenvalue weighted by Crippen LogP contribution is 2.29. The van der Waals surface area contributed by atoms with Crippen LogP contribution >= 0.6 is 0 Å². The molecule has 124 valence electrons. The molecule has 0 unspecified atom stereocenters. The van der Waals surface area contributed by atoms with Crippen molar-refractivity contribution in [2.75, 3.05) is 38.6 Å². The van der Waals surface area contributed by atoms with Gasteiger partial charge >= 0.3 is 0 Å². The molecule has 2 aromatic rings. The second-order valence-electron chi connectivity index (χ2n) is 7.23. The Hall–Kier alpha value is -1.61. The molecule has 1 fully saturated rings. The number of hydrogen-bond donors (Lipinski definition) is 0. The molecule has 3 rings (SSSR count). The Labute approximate surface area is 140 Å². The van der Waals surface area contributed by atoms with E-state index < -0.39 is 0 Å². The quantitative estimate of drug-likeness (QED) is 0.833. The Morgan fingerprint density at radius 2 is 1.83 bits per heavy atom. The maximum Gasteiger partial charge on any atom is 0.132 e. The Morgan fingerprint density at radius 1 is 1.09 bits per heavy atom. The van der Waals surface area contributed by atoms with E-state index in [-0.39, 0.29) is 0 Å². The lowest BCUT2D eigenvalue weighted by atomic mass is 10.0. The Morgan fingerprint density at radius 3 is 2.52 bits per heavy atom. The first kappa shape index (κ1) is 16.3. The molecule has 0 saturated carbocycles. The molecule has 0 bridgehead atoms. The molecule has 3 nitrogen and oxygen atoms in total. The van der Waals surface area contributed by atoms with Crippen LogP contribution in [0.15, 0.2) is 18.2 Å². The third-order valence-electron chi connectivity index (χ3n) is 4.77. The summed E-state index contributed by atoms with van der Waals surface area (Å²) in [6.45, 7) is 7.80. The number of fused-ring (bicyclic) bond motifs is 1. The second-order valence-corrected chi connectivity index (χ2v) is 7.23. The van der Waals surface area contributed by atoms with E-state index in [1.165, 1.54) is 52.7 Å². The summed E-state index contributed by atoms with van der Waals surface area (Å²) in [7, 11) is 4.29. The van der Waals surface area contributed by atoms with E-state index in [1.54, 1.807) is 0 Å². The highest BCUT2D eigenvalue weighted by molar-refractivity contribution is 5.85. The molecule has 0 radical (unpaired) electrons. The predicted molar refractivity (Wildman–Crippen MR) is 99.5 cm³/mol. The lowest BCUT2D eigenvalue weighted by molar-refractivity contribution is 0.400. The van der Waals surface area contributed by atoms with Gasteiger partial charge in [0.15, 0.2) is 0 Å². The van der Waals surface area contributed by atoms with Gasteiger partial charge in [-0.2, -0.15) is 0 Å². The Kier molecular flexibility index (Phi) is 4.86. The first-order chi connectivity index (χ1) is 11.0. The SMILES string of the molecule is Cc1cc(C)c2nc(N3CCCC3)c(CCCN(C)C)cc2c1. The third-order valence-corrected chi connectivity index (χ3v) is 4.77. The molecule has 2 heterocycles. The maximum absolute atomic E-state index is 5.11. The van der Waals surface area contributed by atoms with Gasteiger partial charge in [0, 0.05) is 18.5 Å². The Bertz CT molecular complexity index is 685. The van der Waals surface area contributed by atoms with Crippen molar-refractivity contribution in [1.82, 2.24) is 9.88 Å². The molecule has 1 aliphatic rings. The van der Waals surface area contributed by atoms with Crippen molar-refractivity contribution in [2.45, 2.75) is 39.5 Å². The van der Waals surface area contributed by atoms with Crippen LogP contribution in [0.2, 0.25) is 0 Å². The monoisotopic (exact) mass is 311 g/mol. The normalized spacial score (nSPS) is 15.1. The van der Waals surface area contributed by atoms with Crippen molar-refractivity contribution in [3.63, 3.8) is 0 Å². The molecule has 0 N–H and O–H groups in total. The predicted octanol–water partition coefficient (Wildman–Crippen LogP) is 3.95. The molecule has 0 atom stereocenters. The van der Waals surface area contributed by atoms with Crippen LogP contribution in [-0.2, 0) is 6.42 Å². The summed E-state index contributed by atoms with van der Waals surface area (Å²) < 4.78 is 0. The number of benzene rings is 1. The van der Waals surface area contributed by atoms with Gasteiger partial charge < -0.3 is 9.80 Å². The van der Waals surface area contributed by atoms with E-state index in [0.717, 1.165) is 26.1 Å². The number of hydrogen-bond acceptors (Lipinski definition) is 3. The van der Waals surface area contributed by atoms with Crippen LogP contribution in [0.25, 0.3) is 10.9 Å². The second kappa shape index (κ2) is 6.88. The molecular weight excluding hydrogens is 282 g/mol. The zero-order chi connectivity index (χ0) is 16.4. The van der Waals surface area contributed by atoms with Crippen molar-refractivity contribution < 1.29 is 0 Å². The summed E-state index contributed by atoms with van der Waals surface area (Å²) in [6, 6.07) is 6.92. The van der Waals surface area contributed by atoms with Gasteiger partial charge in [0.05, 0.1) is 5.52 Å². The number of rotatable bonds is 5. The van der Waals surface area contributed by atoms with Crippen LogP contribution in [-0.4, -0.2) is 43.6 Å². The van der Waals surface area contributed by atoms with E-state index in [2.05, 4.69) is 55.9 Å². The molecule has 0 amide bonds. The molecule has 1 aromatic carbocycles. The highest BCUT2D eigenvalue weighted by atomic mass is 15.2. The minimum absolute atomic E-state index is 1.11. The summed E-state index contributed by atoms with van der Waals surface area (Å²) in [6.07, 6.45) is 4.89. The lowest BCUT2D eigenvalue weighted by Crippen LogP contribution is -2.21. The lowest BCUT2D eigenvalue weighted by Gasteiger charge is -2.22. The molecule has 1 aliphatic heterocycles. The standard InChI is InChI=1S/C20H29N3/c1-15-12-16(2)19-18(13-15)14-17(8-7-9-22(3)4)20(21-19)23-10-5-6-11-23/h12-14H,5-11H2,1-4H3. The topological polar surface area (TPSA) is 19.4 Å². The zero-order valence-corrected chi connectivity index (χ0v) is 15.0. The Balaban J connectivity index is 2.00. The van der Waals surface area contributed by atoms with Crippen LogP contribution in [0.4, 0.5) is 5.82 Å².